The van der Waals surface area contributed by atoms with Gasteiger partial charge in [0.1, 0.15) is 6.10 Å². The minimum absolute atomic E-state index is 0.0515. The van der Waals surface area contributed by atoms with Crippen LogP contribution in [0.4, 0.5) is 10.5 Å². The summed E-state index contributed by atoms with van der Waals surface area (Å²) in [5.41, 5.74) is 4.02. The van der Waals surface area contributed by atoms with Crippen LogP contribution in [-0.2, 0) is 4.84 Å². The standard InChI is InChI=1S/C14H19N3O2/c1-9-5-4-6-13(11(9)3)16-14(18)15-8-12-7-10(2)17-19-12/h4-6,12H,7-8H2,1-3H3,(H2,15,16,18)/t12-/m0/s1. The largest absolute Gasteiger partial charge is 0.390 e. The topological polar surface area (TPSA) is 62.7 Å². The van der Waals surface area contributed by atoms with Gasteiger partial charge in [0.05, 0.1) is 12.3 Å². The third kappa shape index (κ3) is 3.47. The molecule has 0 unspecified atom stereocenters. The van der Waals surface area contributed by atoms with Crippen LogP contribution >= 0.6 is 0 Å². The molecular formula is C14H19N3O2. The van der Waals surface area contributed by atoms with Gasteiger partial charge < -0.3 is 15.5 Å². The first-order chi connectivity index (χ1) is 9.06. The summed E-state index contributed by atoms with van der Waals surface area (Å²) in [6, 6.07) is 5.61. The maximum atomic E-state index is 11.8. The zero-order valence-corrected chi connectivity index (χ0v) is 11.5. The van der Waals surface area contributed by atoms with Crippen molar-refractivity contribution in [2.75, 3.05) is 11.9 Å². The van der Waals surface area contributed by atoms with Crippen molar-refractivity contribution < 1.29 is 9.63 Å². The third-order valence-electron chi connectivity index (χ3n) is 3.22. The molecule has 0 bridgehead atoms. The van der Waals surface area contributed by atoms with Crippen molar-refractivity contribution in [1.29, 1.82) is 0 Å². The van der Waals surface area contributed by atoms with Crippen molar-refractivity contribution >= 4 is 17.4 Å². The lowest BCUT2D eigenvalue weighted by atomic mass is 10.1. The lowest BCUT2D eigenvalue weighted by Crippen LogP contribution is -2.35. The average Bonchev–Trinajstić information content (AvgIpc) is 2.78. The van der Waals surface area contributed by atoms with E-state index in [9.17, 15) is 4.79 Å². The Kier molecular flexibility index (Phi) is 4.04. The molecule has 2 rings (SSSR count). The highest BCUT2D eigenvalue weighted by Crippen LogP contribution is 2.17. The fraction of sp³-hybridized carbons (Fsp3) is 0.429. The van der Waals surface area contributed by atoms with Crippen LogP contribution < -0.4 is 10.6 Å². The quantitative estimate of drug-likeness (QED) is 0.878. The second-order valence-corrected chi connectivity index (χ2v) is 4.84. The molecule has 5 heteroatoms. The summed E-state index contributed by atoms with van der Waals surface area (Å²) in [6.07, 6.45) is 0.716. The van der Waals surface area contributed by atoms with E-state index < -0.39 is 0 Å². The van der Waals surface area contributed by atoms with Gasteiger partial charge in [-0.2, -0.15) is 0 Å². The van der Waals surface area contributed by atoms with E-state index in [0.717, 1.165) is 28.9 Å². The number of rotatable bonds is 3. The number of amides is 2. The first kappa shape index (κ1) is 13.4. The van der Waals surface area contributed by atoms with E-state index in [1.807, 2.05) is 39.0 Å². The number of benzene rings is 1. The molecule has 0 saturated heterocycles. The number of carbonyl (C=O) groups excluding carboxylic acids is 1. The number of anilines is 1. The molecule has 0 radical (unpaired) electrons. The van der Waals surface area contributed by atoms with E-state index in [2.05, 4.69) is 15.8 Å². The number of urea groups is 1. The number of hydrogen-bond acceptors (Lipinski definition) is 3. The Morgan fingerprint density at radius 1 is 1.42 bits per heavy atom. The van der Waals surface area contributed by atoms with Gasteiger partial charge >= 0.3 is 6.03 Å². The van der Waals surface area contributed by atoms with Crippen LogP contribution in [0.1, 0.15) is 24.5 Å². The third-order valence-corrected chi connectivity index (χ3v) is 3.22. The molecule has 0 aliphatic carbocycles. The Balaban J connectivity index is 1.83. The number of nitrogens with zero attached hydrogens (tertiary/aromatic N) is 1. The van der Waals surface area contributed by atoms with Gasteiger partial charge in [-0.1, -0.05) is 17.3 Å². The number of carbonyl (C=O) groups is 1. The number of nitrogens with one attached hydrogen (secondary N) is 2. The highest BCUT2D eigenvalue weighted by molar-refractivity contribution is 5.90. The van der Waals surface area contributed by atoms with Crippen LogP contribution in [0.5, 0.6) is 0 Å². The molecule has 2 N–H and O–H groups in total. The summed E-state index contributed by atoms with van der Waals surface area (Å²) in [4.78, 5) is 17.0. The molecule has 0 saturated carbocycles. The SMILES string of the molecule is CC1=NO[C@H](CNC(=O)Nc2cccc(C)c2C)C1. The van der Waals surface area contributed by atoms with E-state index in [1.165, 1.54) is 0 Å². The molecule has 0 aromatic heterocycles. The van der Waals surface area contributed by atoms with Gasteiger partial charge in [-0.05, 0) is 38.0 Å². The number of hydrogen-bond donors (Lipinski definition) is 2. The fourth-order valence-corrected chi connectivity index (χ4v) is 1.94. The Morgan fingerprint density at radius 2 is 2.21 bits per heavy atom. The van der Waals surface area contributed by atoms with Crippen LogP contribution in [0.2, 0.25) is 0 Å². The van der Waals surface area contributed by atoms with E-state index in [0.29, 0.717) is 6.54 Å². The Morgan fingerprint density at radius 3 is 2.89 bits per heavy atom. The summed E-state index contributed by atoms with van der Waals surface area (Å²) < 4.78 is 0. The van der Waals surface area contributed by atoms with Crippen molar-refractivity contribution in [2.45, 2.75) is 33.3 Å². The maximum Gasteiger partial charge on any atom is 0.319 e. The lowest BCUT2D eigenvalue weighted by Gasteiger charge is -2.13. The van der Waals surface area contributed by atoms with Crippen molar-refractivity contribution in [2.24, 2.45) is 5.16 Å². The molecule has 19 heavy (non-hydrogen) atoms. The molecule has 102 valence electrons. The van der Waals surface area contributed by atoms with Gasteiger partial charge in [0.2, 0.25) is 0 Å². The molecule has 0 spiro atoms. The molecule has 1 atom stereocenters. The predicted molar refractivity (Wildman–Crippen MR) is 75.5 cm³/mol. The second-order valence-electron chi connectivity index (χ2n) is 4.84. The molecule has 1 aromatic carbocycles. The molecule has 2 amide bonds. The summed E-state index contributed by atoms with van der Waals surface area (Å²) in [7, 11) is 0. The van der Waals surface area contributed by atoms with E-state index in [1.54, 1.807) is 0 Å². The Labute approximate surface area is 113 Å². The Hall–Kier alpha value is -2.04. The van der Waals surface area contributed by atoms with Crippen molar-refractivity contribution in [3.63, 3.8) is 0 Å². The van der Waals surface area contributed by atoms with Gasteiger partial charge in [-0.15, -0.1) is 0 Å². The van der Waals surface area contributed by atoms with Gasteiger partial charge in [-0.25, -0.2) is 4.79 Å². The first-order valence-corrected chi connectivity index (χ1v) is 6.36. The van der Waals surface area contributed by atoms with Crippen molar-refractivity contribution in [1.82, 2.24) is 5.32 Å². The summed E-state index contributed by atoms with van der Waals surface area (Å²) >= 11 is 0. The molecular weight excluding hydrogens is 242 g/mol. The molecule has 1 aliphatic rings. The minimum Gasteiger partial charge on any atom is -0.390 e. The molecule has 0 fully saturated rings. The lowest BCUT2D eigenvalue weighted by molar-refractivity contribution is 0.0870. The predicted octanol–water partition coefficient (Wildman–Crippen LogP) is 2.59. The van der Waals surface area contributed by atoms with Crippen LogP contribution in [0.25, 0.3) is 0 Å². The number of oxime groups is 1. The van der Waals surface area contributed by atoms with E-state index in [4.69, 9.17) is 4.84 Å². The molecule has 1 aromatic rings. The van der Waals surface area contributed by atoms with Crippen molar-refractivity contribution in [3.05, 3.63) is 29.3 Å². The molecule has 1 aliphatic heterocycles. The van der Waals surface area contributed by atoms with Crippen LogP contribution in [-0.4, -0.2) is 24.4 Å². The first-order valence-electron chi connectivity index (χ1n) is 6.36. The van der Waals surface area contributed by atoms with Crippen LogP contribution in [0.3, 0.4) is 0 Å². The van der Waals surface area contributed by atoms with Gasteiger partial charge in [0, 0.05) is 12.1 Å². The summed E-state index contributed by atoms with van der Waals surface area (Å²) in [5.74, 6) is 0. The van der Waals surface area contributed by atoms with Gasteiger partial charge in [0.25, 0.3) is 0 Å². The monoisotopic (exact) mass is 261 g/mol. The Bertz CT molecular complexity index is 511. The van der Waals surface area contributed by atoms with Gasteiger partial charge in [-0.3, -0.25) is 0 Å². The highest BCUT2D eigenvalue weighted by atomic mass is 16.6. The zero-order chi connectivity index (χ0) is 13.8. The van der Waals surface area contributed by atoms with Crippen LogP contribution in [0.15, 0.2) is 23.4 Å². The summed E-state index contributed by atoms with van der Waals surface area (Å²) in [6.45, 7) is 6.38. The van der Waals surface area contributed by atoms with Crippen molar-refractivity contribution in [3.8, 4) is 0 Å². The second kappa shape index (κ2) is 5.73. The molecule has 1 heterocycles. The zero-order valence-electron chi connectivity index (χ0n) is 11.5. The number of aryl methyl sites for hydroxylation is 1. The molecule has 5 nitrogen and oxygen atoms in total. The average molecular weight is 261 g/mol. The smallest absolute Gasteiger partial charge is 0.319 e. The van der Waals surface area contributed by atoms with Crippen LogP contribution in [0, 0.1) is 13.8 Å². The van der Waals surface area contributed by atoms with E-state index in [-0.39, 0.29) is 12.1 Å². The minimum atomic E-state index is -0.221. The van der Waals surface area contributed by atoms with E-state index >= 15 is 0 Å². The highest BCUT2D eigenvalue weighted by Gasteiger charge is 2.18. The fourth-order valence-electron chi connectivity index (χ4n) is 1.94. The van der Waals surface area contributed by atoms with Gasteiger partial charge in [0.15, 0.2) is 0 Å². The maximum absolute atomic E-state index is 11.8. The summed E-state index contributed by atoms with van der Waals surface area (Å²) in [5, 5.41) is 9.49. The normalized spacial score (nSPS) is 17.6.